The number of carbonyl (C=O) groups is 1. The molecule has 0 aliphatic rings. The number of benzene rings is 1. The molecule has 0 saturated carbocycles. The van der Waals surface area contributed by atoms with Crippen molar-refractivity contribution in [2.45, 2.75) is 52.5 Å². The Balaban J connectivity index is 0.00000441. The summed E-state index contributed by atoms with van der Waals surface area (Å²) in [6, 6.07) is 6.10. The SMILES string of the molecule is CCCCCOc1cc(C)ccc1CNC(=O)CCCN.Cl. The van der Waals surface area contributed by atoms with Crippen LogP contribution in [0.4, 0.5) is 0 Å². The van der Waals surface area contributed by atoms with Crippen LogP contribution in [0.3, 0.4) is 0 Å². The van der Waals surface area contributed by atoms with E-state index < -0.39 is 0 Å². The third-order valence-corrected chi connectivity index (χ3v) is 3.31. The van der Waals surface area contributed by atoms with Gasteiger partial charge in [-0.1, -0.05) is 31.9 Å². The number of carbonyl (C=O) groups excluding carboxylic acids is 1. The molecule has 1 amide bonds. The standard InChI is InChI=1S/C17H28N2O2.ClH/c1-3-4-5-11-21-16-12-14(2)8-9-15(16)13-19-17(20)7-6-10-18;/h8-9,12H,3-7,10-11,13,18H2,1-2H3,(H,19,20);1H. The van der Waals surface area contributed by atoms with E-state index in [0.29, 0.717) is 19.5 Å². The van der Waals surface area contributed by atoms with Crippen LogP contribution in [0.25, 0.3) is 0 Å². The Labute approximate surface area is 140 Å². The zero-order chi connectivity index (χ0) is 15.5. The van der Waals surface area contributed by atoms with Crippen LogP contribution >= 0.6 is 12.4 Å². The predicted octanol–water partition coefficient (Wildman–Crippen LogP) is 3.34. The van der Waals surface area contributed by atoms with Gasteiger partial charge in [-0.25, -0.2) is 0 Å². The Bertz CT molecular complexity index is 439. The molecule has 3 N–H and O–H groups in total. The van der Waals surface area contributed by atoms with Gasteiger partial charge in [-0.05, 0) is 37.9 Å². The van der Waals surface area contributed by atoms with Gasteiger partial charge in [0.1, 0.15) is 5.75 Å². The minimum absolute atomic E-state index is 0. The minimum atomic E-state index is 0. The molecule has 0 bridgehead atoms. The lowest BCUT2D eigenvalue weighted by Gasteiger charge is -2.13. The fourth-order valence-electron chi connectivity index (χ4n) is 2.02. The molecule has 0 spiro atoms. The number of nitrogens with one attached hydrogen (secondary N) is 1. The average Bonchev–Trinajstić information content (AvgIpc) is 2.48. The first-order chi connectivity index (χ1) is 10.2. The number of halogens is 1. The van der Waals surface area contributed by atoms with Crippen LogP contribution in [-0.2, 0) is 11.3 Å². The molecular weight excluding hydrogens is 300 g/mol. The van der Waals surface area contributed by atoms with Crippen molar-refractivity contribution < 1.29 is 9.53 Å². The first kappa shape index (κ1) is 20.7. The molecule has 0 aromatic heterocycles. The van der Waals surface area contributed by atoms with E-state index in [1.807, 2.05) is 25.1 Å². The summed E-state index contributed by atoms with van der Waals surface area (Å²) in [5.41, 5.74) is 7.60. The van der Waals surface area contributed by atoms with Crippen LogP contribution < -0.4 is 15.8 Å². The number of amides is 1. The summed E-state index contributed by atoms with van der Waals surface area (Å²) < 4.78 is 5.86. The van der Waals surface area contributed by atoms with Gasteiger partial charge >= 0.3 is 0 Å². The largest absolute Gasteiger partial charge is 0.493 e. The maximum absolute atomic E-state index is 11.6. The summed E-state index contributed by atoms with van der Waals surface area (Å²) in [5, 5.41) is 2.92. The van der Waals surface area contributed by atoms with Crippen LogP contribution in [0.5, 0.6) is 5.75 Å². The lowest BCUT2D eigenvalue weighted by Crippen LogP contribution is -2.23. The average molecular weight is 329 g/mol. The van der Waals surface area contributed by atoms with Gasteiger partial charge in [0.2, 0.25) is 5.91 Å². The molecule has 0 heterocycles. The molecule has 0 aliphatic heterocycles. The maximum atomic E-state index is 11.6. The number of aryl methyl sites for hydroxylation is 1. The lowest BCUT2D eigenvalue weighted by molar-refractivity contribution is -0.121. The number of hydrogen-bond acceptors (Lipinski definition) is 3. The predicted molar refractivity (Wildman–Crippen MR) is 93.6 cm³/mol. The number of rotatable bonds is 10. The smallest absolute Gasteiger partial charge is 0.220 e. The van der Waals surface area contributed by atoms with Gasteiger partial charge in [0, 0.05) is 18.5 Å². The van der Waals surface area contributed by atoms with Gasteiger partial charge in [0.05, 0.1) is 6.61 Å². The Morgan fingerprint density at radius 1 is 1.27 bits per heavy atom. The third kappa shape index (κ3) is 8.25. The van der Waals surface area contributed by atoms with Crippen molar-refractivity contribution in [3.05, 3.63) is 29.3 Å². The van der Waals surface area contributed by atoms with Crippen molar-refractivity contribution in [1.29, 1.82) is 0 Å². The van der Waals surface area contributed by atoms with Gasteiger partial charge in [0.15, 0.2) is 0 Å². The molecule has 1 aromatic carbocycles. The third-order valence-electron chi connectivity index (χ3n) is 3.31. The fraction of sp³-hybridized carbons (Fsp3) is 0.588. The molecule has 4 nitrogen and oxygen atoms in total. The summed E-state index contributed by atoms with van der Waals surface area (Å²) in [5.74, 6) is 0.920. The number of ether oxygens (including phenoxy) is 1. The van der Waals surface area contributed by atoms with E-state index >= 15 is 0 Å². The molecule has 0 radical (unpaired) electrons. The highest BCUT2D eigenvalue weighted by atomic mass is 35.5. The summed E-state index contributed by atoms with van der Waals surface area (Å²) in [7, 11) is 0. The van der Waals surface area contributed by atoms with E-state index in [0.717, 1.165) is 30.8 Å². The van der Waals surface area contributed by atoms with Crippen LogP contribution in [-0.4, -0.2) is 19.1 Å². The van der Waals surface area contributed by atoms with Crippen molar-refractivity contribution in [2.75, 3.05) is 13.2 Å². The van der Waals surface area contributed by atoms with Crippen molar-refractivity contribution in [3.8, 4) is 5.75 Å². The summed E-state index contributed by atoms with van der Waals surface area (Å²) in [6.45, 7) is 6.00. The first-order valence-electron chi connectivity index (χ1n) is 7.86. The van der Waals surface area contributed by atoms with Crippen molar-refractivity contribution in [3.63, 3.8) is 0 Å². The maximum Gasteiger partial charge on any atom is 0.220 e. The molecule has 0 aliphatic carbocycles. The molecule has 0 saturated heterocycles. The summed E-state index contributed by atoms with van der Waals surface area (Å²) in [4.78, 5) is 11.6. The van der Waals surface area contributed by atoms with Gasteiger partial charge in [-0.3, -0.25) is 4.79 Å². The van der Waals surface area contributed by atoms with Crippen LogP contribution in [0.15, 0.2) is 18.2 Å². The molecule has 0 atom stereocenters. The van der Waals surface area contributed by atoms with Gasteiger partial charge in [-0.2, -0.15) is 0 Å². The van der Waals surface area contributed by atoms with Gasteiger partial charge < -0.3 is 15.8 Å². The van der Waals surface area contributed by atoms with Crippen molar-refractivity contribution in [1.82, 2.24) is 5.32 Å². The van der Waals surface area contributed by atoms with E-state index in [-0.39, 0.29) is 18.3 Å². The zero-order valence-electron chi connectivity index (χ0n) is 13.7. The minimum Gasteiger partial charge on any atom is -0.493 e. The summed E-state index contributed by atoms with van der Waals surface area (Å²) in [6.07, 6.45) is 4.63. The lowest BCUT2D eigenvalue weighted by atomic mass is 10.1. The number of nitrogens with two attached hydrogens (primary N) is 1. The van der Waals surface area contributed by atoms with E-state index in [4.69, 9.17) is 10.5 Å². The fourth-order valence-corrected chi connectivity index (χ4v) is 2.02. The molecular formula is C17H29ClN2O2. The molecule has 1 rings (SSSR count). The van der Waals surface area contributed by atoms with E-state index in [1.54, 1.807) is 0 Å². The highest BCUT2D eigenvalue weighted by Gasteiger charge is 2.06. The second-order valence-electron chi connectivity index (χ2n) is 5.34. The topological polar surface area (TPSA) is 64.3 Å². The summed E-state index contributed by atoms with van der Waals surface area (Å²) >= 11 is 0. The molecule has 0 fully saturated rings. The van der Waals surface area contributed by atoms with Gasteiger partial charge in [-0.15, -0.1) is 12.4 Å². The van der Waals surface area contributed by atoms with Crippen molar-refractivity contribution >= 4 is 18.3 Å². The molecule has 5 heteroatoms. The van der Waals surface area contributed by atoms with E-state index in [1.165, 1.54) is 18.4 Å². The van der Waals surface area contributed by atoms with E-state index in [2.05, 4.69) is 12.2 Å². The molecule has 0 unspecified atom stereocenters. The number of hydrogen-bond donors (Lipinski definition) is 2. The molecule has 1 aromatic rings. The second-order valence-corrected chi connectivity index (χ2v) is 5.34. The quantitative estimate of drug-likeness (QED) is 0.647. The monoisotopic (exact) mass is 328 g/mol. The van der Waals surface area contributed by atoms with E-state index in [9.17, 15) is 4.79 Å². The normalized spacial score (nSPS) is 9.95. The Kier molecular flexibility index (Phi) is 11.6. The Morgan fingerprint density at radius 3 is 2.73 bits per heavy atom. The van der Waals surface area contributed by atoms with Gasteiger partial charge in [0.25, 0.3) is 0 Å². The number of unbranched alkanes of at least 4 members (excludes halogenated alkanes) is 2. The molecule has 126 valence electrons. The first-order valence-corrected chi connectivity index (χ1v) is 7.86. The Hall–Kier alpha value is -1.26. The highest BCUT2D eigenvalue weighted by molar-refractivity contribution is 5.85. The second kappa shape index (κ2) is 12.3. The zero-order valence-corrected chi connectivity index (χ0v) is 14.5. The van der Waals surface area contributed by atoms with Crippen LogP contribution in [0.2, 0.25) is 0 Å². The van der Waals surface area contributed by atoms with Crippen LogP contribution in [0, 0.1) is 6.92 Å². The molecule has 22 heavy (non-hydrogen) atoms. The van der Waals surface area contributed by atoms with Crippen LogP contribution in [0.1, 0.15) is 50.2 Å². The highest BCUT2D eigenvalue weighted by Crippen LogP contribution is 2.20. The Morgan fingerprint density at radius 2 is 2.05 bits per heavy atom. The van der Waals surface area contributed by atoms with Crippen molar-refractivity contribution in [2.24, 2.45) is 5.73 Å².